The van der Waals surface area contributed by atoms with Crippen LogP contribution in [0.3, 0.4) is 0 Å². The van der Waals surface area contributed by atoms with Gasteiger partial charge >= 0.3 is 10.2 Å². The second-order valence-corrected chi connectivity index (χ2v) is 6.67. The molecule has 0 aliphatic carbocycles. The first-order valence-electron chi connectivity index (χ1n) is 7.08. The van der Waals surface area contributed by atoms with Crippen LogP contribution in [0.4, 0.5) is 3.89 Å². The van der Waals surface area contributed by atoms with Gasteiger partial charge in [-0.1, -0.05) is 29.8 Å². The molecule has 1 aromatic carbocycles. The van der Waals surface area contributed by atoms with Gasteiger partial charge in [-0.15, -0.1) is 3.89 Å². The summed E-state index contributed by atoms with van der Waals surface area (Å²) < 4.78 is 33.1. The summed E-state index contributed by atoms with van der Waals surface area (Å²) in [5.41, 5.74) is 3.24. The predicted octanol–water partition coefficient (Wildman–Crippen LogP) is 2.48. The number of hydrogen-bond donors (Lipinski definition) is 1. The Hall–Kier alpha value is -2.28. The number of rotatable bonds is 6. The fourth-order valence-corrected chi connectivity index (χ4v) is 2.58. The molecule has 0 aliphatic heterocycles. The number of pyridine rings is 1. The molecule has 0 atom stereocenters. The van der Waals surface area contributed by atoms with E-state index in [0.29, 0.717) is 5.56 Å². The van der Waals surface area contributed by atoms with E-state index in [0.717, 1.165) is 16.7 Å². The summed E-state index contributed by atoms with van der Waals surface area (Å²) in [6.45, 7) is 2.06. The molecule has 0 radical (unpaired) electrons. The minimum atomic E-state index is -4.50. The number of aryl methyl sites for hydroxylation is 1. The van der Waals surface area contributed by atoms with Crippen molar-refractivity contribution in [2.24, 2.45) is 0 Å². The maximum Gasteiger partial charge on any atom is 0.302 e. The van der Waals surface area contributed by atoms with Crippen molar-refractivity contribution in [3.8, 4) is 11.1 Å². The molecule has 1 N–H and O–H groups in total. The molecule has 1 amide bonds. The summed E-state index contributed by atoms with van der Waals surface area (Å²) >= 11 is 0. The van der Waals surface area contributed by atoms with Gasteiger partial charge < -0.3 is 5.32 Å². The average Bonchev–Trinajstić information content (AvgIpc) is 2.50. The number of carbonyl (C=O) groups is 1. The second kappa shape index (κ2) is 7.32. The molecular weight excluding hydrogens is 319 g/mol. The van der Waals surface area contributed by atoms with Crippen molar-refractivity contribution >= 4 is 16.1 Å². The Labute approximate surface area is 134 Å². The number of nitrogens with one attached hydrogen (secondary N) is 1. The Morgan fingerprint density at radius 3 is 2.70 bits per heavy atom. The highest BCUT2D eigenvalue weighted by atomic mass is 32.3. The molecule has 122 valence electrons. The molecule has 0 saturated heterocycles. The van der Waals surface area contributed by atoms with E-state index in [9.17, 15) is 17.1 Å². The van der Waals surface area contributed by atoms with Crippen LogP contribution in [-0.4, -0.2) is 31.6 Å². The first kappa shape index (κ1) is 17.1. The largest absolute Gasteiger partial charge is 0.352 e. The maximum absolute atomic E-state index is 12.4. The maximum atomic E-state index is 12.4. The lowest BCUT2D eigenvalue weighted by molar-refractivity contribution is 0.0953. The molecule has 7 heteroatoms. The Morgan fingerprint density at radius 1 is 1.22 bits per heavy atom. The van der Waals surface area contributed by atoms with Crippen molar-refractivity contribution in [3.05, 3.63) is 53.9 Å². The lowest BCUT2D eigenvalue weighted by atomic mass is 10.0. The zero-order chi connectivity index (χ0) is 16.9. The zero-order valence-corrected chi connectivity index (χ0v) is 13.4. The van der Waals surface area contributed by atoms with Crippen LogP contribution >= 0.6 is 0 Å². The van der Waals surface area contributed by atoms with Crippen LogP contribution < -0.4 is 5.32 Å². The number of benzene rings is 1. The van der Waals surface area contributed by atoms with Gasteiger partial charge in [0, 0.05) is 24.5 Å². The third-order valence-corrected chi connectivity index (χ3v) is 3.98. The van der Waals surface area contributed by atoms with Gasteiger partial charge in [0.1, 0.15) is 0 Å². The number of aromatic nitrogens is 1. The number of amides is 1. The van der Waals surface area contributed by atoms with Gasteiger partial charge in [-0.2, -0.15) is 8.42 Å². The van der Waals surface area contributed by atoms with Crippen LogP contribution in [0, 0.1) is 6.92 Å². The number of hydrogen-bond acceptors (Lipinski definition) is 4. The molecule has 1 heterocycles. The number of halogens is 1. The van der Waals surface area contributed by atoms with Crippen LogP contribution in [-0.2, 0) is 10.2 Å². The van der Waals surface area contributed by atoms with E-state index in [-0.39, 0.29) is 18.9 Å². The lowest BCUT2D eigenvalue weighted by Crippen LogP contribution is -2.25. The Kier molecular flexibility index (Phi) is 5.44. The summed E-state index contributed by atoms with van der Waals surface area (Å²) in [6.07, 6.45) is 3.12. The van der Waals surface area contributed by atoms with Crippen molar-refractivity contribution in [1.29, 1.82) is 0 Å². The highest BCUT2D eigenvalue weighted by Crippen LogP contribution is 2.20. The third-order valence-electron chi connectivity index (χ3n) is 3.20. The van der Waals surface area contributed by atoms with E-state index < -0.39 is 16.0 Å². The van der Waals surface area contributed by atoms with Gasteiger partial charge in [0.15, 0.2) is 0 Å². The van der Waals surface area contributed by atoms with Gasteiger partial charge in [-0.25, -0.2) is 0 Å². The highest BCUT2D eigenvalue weighted by Gasteiger charge is 2.10. The minimum Gasteiger partial charge on any atom is -0.352 e. The van der Waals surface area contributed by atoms with Crippen molar-refractivity contribution in [2.45, 2.75) is 13.3 Å². The van der Waals surface area contributed by atoms with Crippen LogP contribution in [0.15, 0.2) is 42.7 Å². The zero-order valence-electron chi connectivity index (χ0n) is 12.6. The first-order chi connectivity index (χ1) is 10.8. The van der Waals surface area contributed by atoms with Gasteiger partial charge in [0.25, 0.3) is 5.91 Å². The lowest BCUT2D eigenvalue weighted by Gasteiger charge is -2.07. The van der Waals surface area contributed by atoms with E-state index in [1.165, 1.54) is 6.20 Å². The van der Waals surface area contributed by atoms with Gasteiger partial charge in [-0.3, -0.25) is 9.78 Å². The monoisotopic (exact) mass is 336 g/mol. The molecule has 0 fully saturated rings. The van der Waals surface area contributed by atoms with Crippen LogP contribution in [0.25, 0.3) is 11.1 Å². The number of nitrogens with zero attached hydrogens (tertiary/aromatic N) is 1. The van der Waals surface area contributed by atoms with Gasteiger partial charge in [-0.05, 0) is 25.0 Å². The Morgan fingerprint density at radius 2 is 2.00 bits per heavy atom. The molecular formula is C16H17FN2O3S. The topological polar surface area (TPSA) is 76.1 Å². The number of carbonyl (C=O) groups excluding carboxylic acids is 1. The Bertz CT molecular complexity index is 806. The van der Waals surface area contributed by atoms with E-state index in [1.54, 1.807) is 12.3 Å². The summed E-state index contributed by atoms with van der Waals surface area (Å²) in [5, 5.41) is 2.55. The van der Waals surface area contributed by atoms with E-state index in [2.05, 4.69) is 10.3 Å². The van der Waals surface area contributed by atoms with Crippen molar-refractivity contribution < 1.29 is 17.1 Å². The highest BCUT2D eigenvalue weighted by molar-refractivity contribution is 7.86. The summed E-state index contributed by atoms with van der Waals surface area (Å²) in [5.74, 6) is -0.974. The molecule has 2 rings (SSSR count). The van der Waals surface area contributed by atoms with Crippen molar-refractivity contribution in [3.63, 3.8) is 0 Å². The molecule has 0 saturated carbocycles. The van der Waals surface area contributed by atoms with Crippen molar-refractivity contribution in [2.75, 3.05) is 12.3 Å². The van der Waals surface area contributed by atoms with E-state index in [4.69, 9.17) is 0 Å². The fraction of sp³-hybridized carbons (Fsp3) is 0.250. The van der Waals surface area contributed by atoms with Crippen LogP contribution in [0.1, 0.15) is 22.3 Å². The smallest absolute Gasteiger partial charge is 0.302 e. The summed E-state index contributed by atoms with van der Waals surface area (Å²) in [4.78, 5) is 16.1. The SMILES string of the molecule is Cc1cccc(-c2cncc(C(=O)NCCCS(=O)(=O)F)c2)c1. The standard InChI is InChI=1S/C16H17FN2O3S/c1-12-4-2-5-13(8-12)14-9-15(11-18-10-14)16(20)19-6-3-7-23(17,21)22/h2,4-5,8-11H,3,6-7H2,1H3,(H,19,20). The van der Waals surface area contributed by atoms with E-state index >= 15 is 0 Å². The molecule has 0 spiro atoms. The molecule has 0 aliphatic rings. The predicted molar refractivity (Wildman–Crippen MR) is 86.3 cm³/mol. The minimum absolute atomic E-state index is 0.0234. The molecule has 5 nitrogen and oxygen atoms in total. The quantitative estimate of drug-likeness (QED) is 0.649. The van der Waals surface area contributed by atoms with E-state index in [1.807, 2.05) is 31.2 Å². The second-order valence-electron chi connectivity index (χ2n) is 5.18. The molecule has 0 bridgehead atoms. The normalized spacial score (nSPS) is 11.2. The summed E-state index contributed by atoms with van der Waals surface area (Å²) in [7, 11) is -4.50. The average molecular weight is 336 g/mol. The molecule has 0 unspecified atom stereocenters. The van der Waals surface area contributed by atoms with Gasteiger partial charge in [0.05, 0.1) is 11.3 Å². The van der Waals surface area contributed by atoms with Gasteiger partial charge in [0.2, 0.25) is 0 Å². The molecule has 23 heavy (non-hydrogen) atoms. The fourth-order valence-electron chi connectivity index (χ4n) is 2.10. The van der Waals surface area contributed by atoms with Crippen LogP contribution in [0.2, 0.25) is 0 Å². The summed E-state index contributed by atoms with van der Waals surface area (Å²) in [6, 6.07) is 9.53. The first-order valence-corrected chi connectivity index (χ1v) is 8.63. The third kappa shape index (κ3) is 5.45. The van der Waals surface area contributed by atoms with Crippen molar-refractivity contribution in [1.82, 2.24) is 10.3 Å². The Balaban J connectivity index is 2.03. The van der Waals surface area contributed by atoms with Crippen LogP contribution in [0.5, 0.6) is 0 Å². The molecule has 1 aromatic heterocycles. The molecule has 2 aromatic rings.